The van der Waals surface area contributed by atoms with Crippen LogP contribution in [0.5, 0.6) is 0 Å². The van der Waals surface area contributed by atoms with E-state index in [2.05, 4.69) is 18.8 Å². The van der Waals surface area contributed by atoms with Crippen molar-refractivity contribution >= 4 is 12.0 Å². The average Bonchev–Trinajstić information content (AvgIpc) is 2.30. The van der Waals surface area contributed by atoms with Crippen LogP contribution in [-0.2, 0) is 4.79 Å². The van der Waals surface area contributed by atoms with Crippen molar-refractivity contribution < 1.29 is 4.79 Å². The first-order chi connectivity index (χ1) is 6.61. The van der Waals surface area contributed by atoms with E-state index >= 15 is 0 Å². The molecule has 0 N–H and O–H groups in total. The fourth-order valence-corrected chi connectivity index (χ4v) is 1.60. The summed E-state index contributed by atoms with van der Waals surface area (Å²) in [6.07, 6.45) is 4.57. The van der Waals surface area contributed by atoms with E-state index in [-0.39, 0.29) is 5.78 Å². The number of hydrogen-bond donors (Lipinski definition) is 0. The number of Topliss-reactive ketones (excluding diaryl/α,β-unsaturated/α-hetero) is 1. The summed E-state index contributed by atoms with van der Waals surface area (Å²) < 4.78 is 0. The van der Waals surface area contributed by atoms with Crippen LogP contribution in [0.25, 0.3) is 0 Å². The Morgan fingerprint density at radius 2 is 2.00 bits per heavy atom. The monoisotopic (exact) mass is 195 g/mol. The normalized spacial score (nSPS) is 25.6. The molecule has 1 aliphatic rings. The van der Waals surface area contributed by atoms with Crippen LogP contribution in [0.2, 0.25) is 0 Å². The zero-order valence-corrected chi connectivity index (χ0v) is 9.87. The Bertz CT molecular complexity index is 241. The van der Waals surface area contributed by atoms with Gasteiger partial charge in [-0.1, -0.05) is 20.8 Å². The second kappa shape index (κ2) is 6.52. The molecular weight excluding hydrogens is 174 g/mol. The van der Waals surface area contributed by atoms with E-state index in [4.69, 9.17) is 0 Å². The lowest BCUT2D eigenvalue weighted by atomic mass is 9.93. The number of hydrogen-bond acceptors (Lipinski definition) is 2. The molecule has 0 aromatic rings. The summed E-state index contributed by atoms with van der Waals surface area (Å²) in [7, 11) is 0. The third kappa shape index (κ3) is 3.86. The van der Waals surface area contributed by atoms with Crippen molar-refractivity contribution in [1.82, 2.24) is 0 Å². The Labute approximate surface area is 87.1 Å². The summed E-state index contributed by atoms with van der Waals surface area (Å²) in [6, 6.07) is 0.341. The predicted octanol–water partition coefficient (Wildman–Crippen LogP) is 3.03. The zero-order valence-electron chi connectivity index (χ0n) is 9.87. The highest BCUT2D eigenvalue weighted by Crippen LogP contribution is 2.20. The predicted molar refractivity (Wildman–Crippen MR) is 61.8 cm³/mol. The van der Waals surface area contributed by atoms with Crippen molar-refractivity contribution in [3.05, 3.63) is 11.6 Å². The molecule has 0 fully saturated rings. The molecule has 2 nitrogen and oxygen atoms in total. The number of nitrogens with zero attached hydrogens (tertiary/aromatic N) is 1. The SMILES string of the molecule is CC.CC(=O)C1=CC=NC(C)CC1C. The summed E-state index contributed by atoms with van der Waals surface area (Å²) in [6.45, 7) is 9.77. The van der Waals surface area contributed by atoms with Crippen LogP contribution in [0.15, 0.2) is 16.6 Å². The highest BCUT2D eigenvalue weighted by molar-refractivity contribution is 5.97. The minimum Gasteiger partial charge on any atom is -0.295 e. The first-order valence-electron chi connectivity index (χ1n) is 5.35. The van der Waals surface area contributed by atoms with Gasteiger partial charge in [-0.3, -0.25) is 9.79 Å². The fourth-order valence-electron chi connectivity index (χ4n) is 1.60. The Hall–Kier alpha value is -0.920. The number of ketones is 1. The lowest BCUT2D eigenvalue weighted by Gasteiger charge is -2.12. The van der Waals surface area contributed by atoms with Crippen molar-refractivity contribution in [1.29, 1.82) is 0 Å². The van der Waals surface area contributed by atoms with Crippen LogP contribution >= 0.6 is 0 Å². The van der Waals surface area contributed by atoms with Crippen LogP contribution < -0.4 is 0 Å². The number of aliphatic imine (C=N–C) groups is 1. The summed E-state index contributed by atoms with van der Waals surface area (Å²) in [5.74, 6) is 0.517. The molecule has 0 bridgehead atoms. The number of allylic oxidation sites excluding steroid dienone is 2. The zero-order chi connectivity index (χ0) is 11.1. The molecule has 0 aliphatic carbocycles. The Morgan fingerprint density at radius 1 is 1.43 bits per heavy atom. The van der Waals surface area contributed by atoms with Gasteiger partial charge in [-0.2, -0.15) is 0 Å². The molecule has 2 heteroatoms. The van der Waals surface area contributed by atoms with Gasteiger partial charge >= 0.3 is 0 Å². The van der Waals surface area contributed by atoms with E-state index in [1.54, 1.807) is 13.1 Å². The summed E-state index contributed by atoms with van der Waals surface area (Å²) in [5, 5.41) is 0. The van der Waals surface area contributed by atoms with Gasteiger partial charge in [0.1, 0.15) is 0 Å². The molecule has 0 saturated carbocycles. The van der Waals surface area contributed by atoms with E-state index in [1.165, 1.54) is 0 Å². The van der Waals surface area contributed by atoms with Crippen molar-refractivity contribution in [3.63, 3.8) is 0 Å². The van der Waals surface area contributed by atoms with Gasteiger partial charge in [0.2, 0.25) is 0 Å². The van der Waals surface area contributed by atoms with Gasteiger partial charge in [0.15, 0.2) is 5.78 Å². The highest BCUT2D eigenvalue weighted by atomic mass is 16.1. The van der Waals surface area contributed by atoms with Crippen LogP contribution in [0.3, 0.4) is 0 Å². The third-order valence-corrected chi connectivity index (χ3v) is 2.23. The minimum atomic E-state index is 0.169. The minimum absolute atomic E-state index is 0.169. The molecule has 0 aromatic carbocycles. The first kappa shape index (κ1) is 13.1. The Balaban J connectivity index is 0.000000791. The van der Waals surface area contributed by atoms with Crippen molar-refractivity contribution in [2.45, 2.75) is 47.1 Å². The quantitative estimate of drug-likeness (QED) is 0.632. The summed E-state index contributed by atoms with van der Waals surface area (Å²) >= 11 is 0. The average molecular weight is 195 g/mol. The second-order valence-electron chi connectivity index (χ2n) is 3.46. The lowest BCUT2D eigenvalue weighted by molar-refractivity contribution is -0.114. The largest absolute Gasteiger partial charge is 0.295 e. The van der Waals surface area contributed by atoms with Gasteiger partial charge in [0, 0.05) is 12.3 Å². The van der Waals surface area contributed by atoms with Gasteiger partial charge < -0.3 is 0 Å². The number of rotatable bonds is 1. The molecule has 80 valence electrons. The van der Waals surface area contributed by atoms with Gasteiger partial charge in [-0.25, -0.2) is 0 Å². The molecule has 2 atom stereocenters. The molecule has 0 saturated heterocycles. The highest BCUT2D eigenvalue weighted by Gasteiger charge is 2.16. The molecule has 0 spiro atoms. The molecule has 2 unspecified atom stereocenters. The van der Waals surface area contributed by atoms with E-state index in [0.29, 0.717) is 12.0 Å². The fraction of sp³-hybridized carbons (Fsp3) is 0.667. The second-order valence-corrected chi connectivity index (χ2v) is 3.46. The maximum absolute atomic E-state index is 11.1. The summed E-state index contributed by atoms with van der Waals surface area (Å²) in [5.41, 5.74) is 0.906. The lowest BCUT2D eigenvalue weighted by Crippen LogP contribution is -2.10. The van der Waals surface area contributed by atoms with Crippen molar-refractivity contribution in [2.24, 2.45) is 10.9 Å². The third-order valence-electron chi connectivity index (χ3n) is 2.23. The molecule has 1 rings (SSSR count). The van der Waals surface area contributed by atoms with Gasteiger partial charge in [-0.05, 0) is 37.8 Å². The van der Waals surface area contributed by atoms with E-state index in [1.807, 2.05) is 19.9 Å². The molecule has 0 amide bonds. The number of carbonyl (C=O) groups is 1. The standard InChI is InChI=1S/C10H15NO.C2H6/c1-7-6-8(2)11-5-4-10(7)9(3)12;1-2/h4-5,7-8H,6H2,1-3H3;1-2H3. The molecule has 1 aliphatic heterocycles. The molecule has 0 aromatic heterocycles. The Morgan fingerprint density at radius 3 is 2.50 bits per heavy atom. The first-order valence-corrected chi connectivity index (χ1v) is 5.35. The smallest absolute Gasteiger partial charge is 0.156 e. The molecule has 0 radical (unpaired) electrons. The molecular formula is C12H21NO. The van der Waals surface area contributed by atoms with Gasteiger partial charge in [0.25, 0.3) is 0 Å². The Kier molecular flexibility index (Phi) is 6.09. The van der Waals surface area contributed by atoms with Gasteiger partial charge in [-0.15, -0.1) is 0 Å². The molecule has 1 heterocycles. The topological polar surface area (TPSA) is 29.4 Å². The number of carbonyl (C=O) groups excluding carboxylic acids is 1. The van der Waals surface area contributed by atoms with Crippen molar-refractivity contribution in [2.75, 3.05) is 0 Å². The van der Waals surface area contributed by atoms with Crippen LogP contribution in [-0.4, -0.2) is 18.0 Å². The van der Waals surface area contributed by atoms with Gasteiger partial charge in [0.05, 0.1) is 0 Å². The van der Waals surface area contributed by atoms with E-state index < -0.39 is 0 Å². The maximum atomic E-state index is 11.1. The van der Waals surface area contributed by atoms with Crippen LogP contribution in [0.1, 0.15) is 41.0 Å². The maximum Gasteiger partial charge on any atom is 0.156 e. The molecule has 14 heavy (non-hydrogen) atoms. The van der Waals surface area contributed by atoms with E-state index in [0.717, 1.165) is 12.0 Å². The van der Waals surface area contributed by atoms with Crippen LogP contribution in [0, 0.1) is 5.92 Å². The van der Waals surface area contributed by atoms with Crippen molar-refractivity contribution in [3.8, 4) is 0 Å². The summed E-state index contributed by atoms with van der Waals surface area (Å²) in [4.78, 5) is 15.4. The van der Waals surface area contributed by atoms with E-state index in [9.17, 15) is 4.79 Å². The van der Waals surface area contributed by atoms with Crippen LogP contribution in [0.4, 0.5) is 0 Å².